The van der Waals surface area contributed by atoms with Crippen LogP contribution < -0.4 is 0 Å². The summed E-state index contributed by atoms with van der Waals surface area (Å²) in [5, 5.41) is 10.5. The molecular formula is C13H15FO3. The molecule has 92 valence electrons. The first-order valence-corrected chi connectivity index (χ1v) is 5.55. The van der Waals surface area contributed by atoms with Gasteiger partial charge in [-0.1, -0.05) is 0 Å². The molecule has 1 unspecified atom stereocenters. The first kappa shape index (κ1) is 12.1. The van der Waals surface area contributed by atoms with Crippen LogP contribution >= 0.6 is 0 Å². The van der Waals surface area contributed by atoms with Gasteiger partial charge in [0.15, 0.2) is 0 Å². The number of hydrogen-bond acceptors (Lipinski definition) is 3. The average Bonchev–Trinajstić information content (AvgIpc) is 2.68. The molecule has 1 aromatic carbocycles. The third-order valence-electron chi connectivity index (χ3n) is 2.41. The summed E-state index contributed by atoms with van der Waals surface area (Å²) in [4.78, 5) is 0. The van der Waals surface area contributed by atoms with Crippen LogP contribution in [0.3, 0.4) is 0 Å². The molecule has 0 aliphatic carbocycles. The zero-order valence-electron chi connectivity index (χ0n) is 9.81. The Hall–Kier alpha value is -1.39. The summed E-state index contributed by atoms with van der Waals surface area (Å²) in [5.74, 6) is 0.0732. The minimum atomic E-state index is -0.826. The Bertz CT molecular complexity index is 504. The van der Waals surface area contributed by atoms with Crippen LogP contribution in [0.1, 0.15) is 25.7 Å². The number of furan rings is 1. The zero-order valence-corrected chi connectivity index (χ0v) is 9.81. The highest BCUT2D eigenvalue weighted by atomic mass is 19.1. The minimum Gasteiger partial charge on any atom is -0.458 e. The van der Waals surface area contributed by atoms with Crippen LogP contribution in [0, 0.1) is 5.82 Å². The van der Waals surface area contributed by atoms with E-state index in [-0.39, 0.29) is 18.5 Å². The van der Waals surface area contributed by atoms with Crippen LogP contribution in [-0.4, -0.2) is 17.8 Å². The monoisotopic (exact) mass is 238 g/mol. The van der Waals surface area contributed by atoms with Gasteiger partial charge >= 0.3 is 0 Å². The summed E-state index contributed by atoms with van der Waals surface area (Å²) < 4.78 is 23.7. The van der Waals surface area contributed by atoms with Gasteiger partial charge in [0.25, 0.3) is 0 Å². The summed E-state index contributed by atoms with van der Waals surface area (Å²) >= 11 is 0. The Morgan fingerprint density at radius 2 is 2.12 bits per heavy atom. The van der Waals surface area contributed by atoms with Gasteiger partial charge in [0, 0.05) is 5.39 Å². The van der Waals surface area contributed by atoms with E-state index in [1.54, 1.807) is 12.1 Å². The molecule has 3 nitrogen and oxygen atoms in total. The number of hydrogen-bond donors (Lipinski definition) is 1. The van der Waals surface area contributed by atoms with Crippen molar-refractivity contribution in [2.24, 2.45) is 0 Å². The molecule has 1 heterocycles. The van der Waals surface area contributed by atoms with Gasteiger partial charge in [-0.2, -0.15) is 0 Å². The Morgan fingerprint density at radius 3 is 2.82 bits per heavy atom. The summed E-state index contributed by atoms with van der Waals surface area (Å²) in [6, 6.07) is 5.88. The zero-order chi connectivity index (χ0) is 12.4. The maximum atomic E-state index is 13.0. The van der Waals surface area contributed by atoms with E-state index in [1.165, 1.54) is 12.1 Å². The molecule has 4 heteroatoms. The fourth-order valence-corrected chi connectivity index (χ4v) is 1.56. The van der Waals surface area contributed by atoms with Crippen LogP contribution in [-0.2, 0) is 4.74 Å². The number of rotatable bonds is 4. The van der Waals surface area contributed by atoms with Crippen molar-refractivity contribution in [2.75, 3.05) is 6.61 Å². The van der Waals surface area contributed by atoms with Crippen molar-refractivity contribution in [2.45, 2.75) is 26.1 Å². The Labute approximate surface area is 98.8 Å². The normalized spacial score (nSPS) is 13.5. The molecule has 2 aromatic rings. The second-order valence-corrected chi connectivity index (χ2v) is 4.23. The van der Waals surface area contributed by atoms with Gasteiger partial charge in [-0.3, -0.25) is 0 Å². The number of ether oxygens (including phenoxy) is 1. The molecule has 0 aliphatic rings. The van der Waals surface area contributed by atoms with E-state index in [2.05, 4.69) is 0 Å². The van der Waals surface area contributed by atoms with Gasteiger partial charge in [-0.15, -0.1) is 0 Å². The van der Waals surface area contributed by atoms with Crippen molar-refractivity contribution >= 4 is 11.0 Å². The van der Waals surface area contributed by atoms with Gasteiger partial charge in [0.2, 0.25) is 0 Å². The van der Waals surface area contributed by atoms with Crippen molar-refractivity contribution < 1.29 is 18.7 Å². The molecule has 0 fully saturated rings. The third-order valence-corrected chi connectivity index (χ3v) is 2.41. The topological polar surface area (TPSA) is 42.6 Å². The van der Waals surface area contributed by atoms with Crippen LogP contribution in [0.5, 0.6) is 0 Å². The lowest BCUT2D eigenvalue weighted by atomic mass is 10.2. The molecule has 1 aromatic heterocycles. The number of aliphatic hydroxyl groups excluding tert-OH is 1. The molecule has 2 rings (SSSR count). The van der Waals surface area contributed by atoms with Crippen molar-refractivity contribution in [1.82, 2.24) is 0 Å². The van der Waals surface area contributed by atoms with Gasteiger partial charge < -0.3 is 14.3 Å². The first-order chi connectivity index (χ1) is 8.06. The highest BCUT2D eigenvalue weighted by Gasteiger charge is 2.14. The maximum absolute atomic E-state index is 13.0. The number of benzene rings is 1. The first-order valence-electron chi connectivity index (χ1n) is 5.55. The Kier molecular flexibility index (Phi) is 3.45. The fourth-order valence-electron chi connectivity index (χ4n) is 1.56. The highest BCUT2D eigenvalue weighted by molar-refractivity contribution is 5.77. The predicted molar refractivity (Wildman–Crippen MR) is 62.2 cm³/mol. The SMILES string of the molecule is CC(C)OCC(O)c1cc2cc(F)ccc2o1. The number of fused-ring (bicyclic) bond motifs is 1. The summed E-state index contributed by atoms with van der Waals surface area (Å²) in [6.45, 7) is 3.95. The van der Waals surface area contributed by atoms with Crippen LogP contribution in [0.4, 0.5) is 4.39 Å². The average molecular weight is 238 g/mol. The lowest BCUT2D eigenvalue weighted by Gasteiger charge is -2.10. The Balaban J connectivity index is 2.18. The quantitative estimate of drug-likeness (QED) is 0.890. The molecule has 17 heavy (non-hydrogen) atoms. The van der Waals surface area contributed by atoms with E-state index in [4.69, 9.17) is 9.15 Å². The van der Waals surface area contributed by atoms with Gasteiger partial charge in [-0.25, -0.2) is 4.39 Å². The molecule has 0 saturated carbocycles. The molecular weight excluding hydrogens is 223 g/mol. The third kappa shape index (κ3) is 2.84. The molecule has 0 bridgehead atoms. The molecule has 1 atom stereocenters. The van der Waals surface area contributed by atoms with Crippen LogP contribution in [0.2, 0.25) is 0 Å². The molecule has 0 radical (unpaired) electrons. The second-order valence-electron chi connectivity index (χ2n) is 4.23. The lowest BCUT2D eigenvalue weighted by molar-refractivity contribution is -0.00287. The van der Waals surface area contributed by atoms with Crippen molar-refractivity contribution in [1.29, 1.82) is 0 Å². The van der Waals surface area contributed by atoms with E-state index >= 15 is 0 Å². The molecule has 0 aliphatic heterocycles. The van der Waals surface area contributed by atoms with E-state index in [9.17, 15) is 9.50 Å². The standard InChI is InChI=1S/C13H15FO3/c1-8(2)16-7-11(15)13-6-9-5-10(14)3-4-12(9)17-13/h3-6,8,11,15H,7H2,1-2H3. The van der Waals surface area contributed by atoms with E-state index in [0.717, 1.165) is 0 Å². The lowest BCUT2D eigenvalue weighted by Crippen LogP contribution is -2.11. The smallest absolute Gasteiger partial charge is 0.136 e. The van der Waals surface area contributed by atoms with E-state index < -0.39 is 6.10 Å². The summed E-state index contributed by atoms with van der Waals surface area (Å²) in [6.07, 6.45) is -0.778. The summed E-state index contributed by atoms with van der Waals surface area (Å²) in [5.41, 5.74) is 0.560. The van der Waals surface area contributed by atoms with Crippen LogP contribution in [0.15, 0.2) is 28.7 Å². The van der Waals surface area contributed by atoms with Crippen molar-refractivity contribution in [3.05, 3.63) is 35.8 Å². The molecule has 0 spiro atoms. The predicted octanol–water partition coefficient (Wildman–Crippen LogP) is 3.03. The van der Waals surface area contributed by atoms with E-state index in [0.29, 0.717) is 16.7 Å². The molecule has 1 N–H and O–H groups in total. The number of aliphatic hydroxyl groups is 1. The highest BCUT2D eigenvalue weighted by Crippen LogP contribution is 2.24. The second kappa shape index (κ2) is 4.85. The largest absolute Gasteiger partial charge is 0.458 e. The van der Waals surface area contributed by atoms with Crippen molar-refractivity contribution in [3.8, 4) is 0 Å². The van der Waals surface area contributed by atoms with Gasteiger partial charge in [-0.05, 0) is 38.1 Å². The van der Waals surface area contributed by atoms with E-state index in [1.807, 2.05) is 13.8 Å². The number of halogens is 1. The fraction of sp³-hybridized carbons (Fsp3) is 0.385. The molecule has 0 saturated heterocycles. The van der Waals surface area contributed by atoms with Gasteiger partial charge in [0.1, 0.15) is 23.3 Å². The van der Waals surface area contributed by atoms with Crippen molar-refractivity contribution in [3.63, 3.8) is 0 Å². The van der Waals surface area contributed by atoms with Gasteiger partial charge in [0.05, 0.1) is 12.7 Å². The van der Waals surface area contributed by atoms with Crippen LogP contribution in [0.25, 0.3) is 11.0 Å². The minimum absolute atomic E-state index is 0.0477. The molecule has 0 amide bonds. The summed E-state index contributed by atoms with van der Waals surface area (Å²) in [7, 11) is 0. The Morgan fingerprint density at radius 1 is 1.35 bits per heavy atom. The maximum Gasteiger partial charge on any atom is 0.136 e.